The minimum atomic E-state index is -0.357. The normalized spacial score (nSPS) is 13.0. The van der Waals surface area contributed by atoms with E-state index in [1.54, 1.807) is 0 Å². The highest BCUT2D eigenvalue weighted by Crippen LogP contribution is 2.30. The summed E-state index contributed by atoms with van der Waals surface area (Å²) < 4.78 is 2.01. The molecular formula is C10H12Br2O. The molecule has 0 amide bonds. The predicted molar refractivity (Wildman–Crippen MR) is 61.8 cm³/mol. The van der Waals surface area contributed by atoms with E-state index < -0.39 is 0 Å². The first-order chi connectivity index (χ1) is 6.06. The fraction of sp³-hybridized carbons (Fsp3) is 0.400. The standard InChI is InChI=1S/C10H12Br2O/c1-3-10(13)7-5-9(12)8(11)4-6(7)2/h4-5,10,13H,3H2,1-2H3. The Balaban J connectivity index is 3.15. The number of rotatable bonds is 2. The molecule has 0 saturated carbocycles. The summed E-state index contributed by atoms with van der Waals surface area (Å²) in [4.78, 5) is 0. The molecule has 0 heterocycles. The van der Waals surface area contributed by atoms with Gasteiger partial charge in [-0.3, -0.25) is 0 Å². The Hall–Kier alpha value is 0.140. The summed E-state index contributed by atoms with van der Waals surface area (Å²) in [5.74, 6) is 0. The van der Waals surface area contributed by atoms with Gasteiger partial charge < -0.3 is 5.11 Å². The summed E-state index contributed by atoms with van der Waals surface area (Å²) in [6.07, 6.45) is 0.388. The molecule has 1 unspecified atom stereocenters. The van der Waals surface area contributed by atoms with E-state index in [0.29, 0.717) is 0 Å². The van der Waals surface area contributed by atoms with Crippen molar-refractivity contribution in [3.63, 3.8) is 0 Å². The summed E-state index contributed by atoms with van der Waals surface area (Å²) in [5.41, 5.74) is 2.11. The topological polar surface area (TPSA) is 20.2 Å². The smallest absolute Gasteiger partial charge is 0.0790 e. The van der Waals surface area contributed by atoms with Crippen LogP contribution >= 0.6 is 31.9 Å². The number of halogens is 2. The summed E-state index contributed by atoms with van der Waals surface area (Å²) >= 11 is 6.84. The summed E-state index contributed by atoms with van der Waals surface area (Å²) in [6.45, 7) is 3.98. The molecule has 1 atom stereocenters. The van der Waals surface area contributed by atoms with Crippen LogP contribution in [0.2, 0.25) is 0 Å². The van der Waals surface area contributed by atoms with Crippen molar-refractivity contribution in [3.05, 3.63) is 32.2 Å². The van der Waals surface area contributed by atoms with Crippen molar-refractivity contribution in [1.82, 2.24) is 0 Å². The fourth-order valence-corrected chi connectivity index (χ4v) is 2.06. The lowest BCUT2D eigenvalue weighted by molar-refractivity contribution is 0.173. The number of hydrogen-bond donors (Lipinski definition) is 1. The fourth-order valence-electron chi connectivity index (χ4n) is 1.24. The third kappa shape index (κ3) is 2.55. The van der Waals surface area contributed by atoms with Gasteiger partial charge in [-0.05, 0) is 68.5 Å². The predicted octanol–water partition coefficient (Wildman–Crippen LogP) is 3.96. The van der Waals surface area contributed by atoms with Crippen molar-refractivity contribution < 1.29 is 5.11 Å². The number of hydrogen-bond acceptors (Lipinski definition) is 1. The molecule has 1 aromatic carbocycles. The number of aryl methyl sites for hydroxylation is 1. The highest BCUT2D eigenvalue weighted by atomic mass is 79.9. The van der Waals surface area contributed by atoms with Gasteiger partial charge in [-0.2, -0.15) is 0 Å². The Bertz CT molecular complexity index is 310. The van der Waals surface area contributed by atoms with Crippen molar-refractivity contribution in [2.24, 2.45) is 0 Å². The zero-order valence-electron chi connectivity index (χ0n) is 7.64. The van der Waals surface area contributed by atoms with E-state index in [1.165, 1.54) is 0 Å². The maximum absolute atomic E-state index is 9.69. The van der Waals surface area contributed by atoms with Crippen LogP contribution in [0.25, 0.3) is 0 Å². The lowest BCUT2D eigenvalue weighted by atomic mass is 10.0. The van der Waals surface area contributed by atoms with Crippen LogP contribution in [0.1, 0.15) is 30.6 Å². The molecule has 3 heteroatoms. The maximum Gasteiger partial charge on any atom is 0.0790 e. The third-order valence-corrected chi connectivity index (χ3v) is 3.90. The van der Waals surface area contributed by atoms with Crippen LogP contribution < -0.4 is 0 Å². The van der Waals surface area contributed by atoms with Gasteiger partial charge in [0.25, 0.3) is 0 Å². The van der Waals surface area contributed by atoms with Gasteiger partial charge in [0, 0.05) is 8.95 Å². The van der Waals surface area contributed by atoms with Crippen LogP contribution in [0, 0.1) is 6.92 Å². The quantitative estimate of drug-likeness (QED) is 0.876. The monoisotopic (exact) mass is 306 g/mol. The molecule has 1 rings (SSSR count). The minimum absolute atomic E-state index is 0.357. The van der Waals surface area contributed by atoms with Crippen LogP contribution in [0.15, 0.2) is 21.1 Å². The molecular weight excluding hydrogens is 296 g/mol. The van der Waals surface area contributed by atoms with E-state index in [2.05, 4.69) is 31.9 Å². The van der Waals surface area contributed by atoms with Gasteiger partial charge in [0.2, 0.25) is 0 Å². The lowest BCUT2D eigenvalue weighted by Crippen LogP contribution is -1.98. The van der Waals surface area contributed by atoms with Gasteiger partial charge in [-0.1, -0.05) is 6.92 Å². The van der Waals surface area contributed by atoms with Crippen molar-refractivity contribution in [3.8, 4) is 0 Å². The minimum Gasteiger partial charge on any atom is -0.388 e. The molecule has 1 aromatic rings. The second-order valence-electron chi connectivity index (χ2n) is 3.05. The molecule has 0 spiro atoms. The second-order valence-corrected chi connectivity index (χ2v) is 4.76. The molecule has 0 saturated heterocycles. The van der Waals surface area contributed by atoms with Crippen LogP contribution in [0.3, 0.4) is 0 Å². The molecule has 0 aromatic heterocycles. The SMILES string of the molecule is CCC(O)c1cc(Br)c(Br)cc1C. The molecule has 1 nitrogen and oxygen atoms in total. The molecule has 0 fully saturated rings. The van der Waals surface area contributed by atoms with E-state index in [9.17, 15) is 5.11 Å². The number of aliphatic hydroxyl groups is 1. The van der Waals surface area contributed by atoms with Crippen molar-refractivity contribution in [2.75, 3.05) is 0 Å². The zero-order valence-corrected chi connectivity index (χ0v) is 10.8. The highest BCUT2D eigenvalue weighted by Gasteiger charge is 2.10. The van der Waals surface area contributed by atoms with E-state index in [4.69, 9.17) is 0 Å². The molecule has 0 bridgehead atoms. The molecule has 1 N–H and O–H groups in total. The van der Waals surface area contributed by atoms with Gasteiger partial charge in [0.1, 0.15) is 0 Å². The number of benzene rings is 1. The Morgan fingerprint density at radius 2 is 1.85 bits per heavy atom. The Morgan fingerprint density at radius 3 is 2.38 bits per heavy atom. The van der Waals surface area contributed by atoms with Gasteiger partial charge >= 0.3 is 0 Å². The first-order valence-electron chi connectivity index (χ1n) is 4.19. The average molecular weight is 308 g/mol. The molecule has 0 aliphatic carbocycles. The molecule has 72 valence electrons. The molecule has 0 aliphatic rings. The Kier molecular flexibility index (Phi) is 3.95. The van der Waals surface area contributed by atoms with E-state index in [1.807, 2.05) is 26.0 Å². The Morgan fingerprint density at radius 1 is 1.31 bits per heavy atom. The first kappa shape index (κ1) is 11.2. The van der Waals surface area contributed by atoms with Crippen LogP contribution in [-0.4, -0.2) is 5.11 Å². The van der Waals surface area contributed by atoms with E-state index in [-0.39, 0.29) is 6.10 Å². The summed E-state index contributed by atoms with van der Waals surface area (Å²) in [7, 11) is 0. The van der Waals surface area contributed by atoms with E-state index >= 15 is 0 Å². The van der Waals surface area contributed by atoms with Gasteiger partial charge in [0.15, 0.2) is 0 Å². The Labute approximate surface area is 95.4 Å². The lowest BCUT2D eigenvalue weighted by Gasteiger charge is -2.12. The summed E-state index contributed by atoms with van der Waals surface area (Å²) in [5, 5.41) is 9.69. The molecule has 0 radical (unpaired) electrons. The van der Waals surface area contributed by atoms with E-state index in [0.717, 1.165) is 26.5 Å². The zero-order chi connectivity index (χ0) is 10.0. The van der Waals surface area contributed by atoms with Gasteiger partial charge in [-0.25, -0.2) is 0 Å². The van der Waals surface area contributed by atoms with Crippen LogP contribution in [0.4, 0.5) is 0 Å². The highest BCUT2D eigenvalue weighted by molar-refractivity contribution is 9.13. The van der Waals surface area contributed by atoms with Crippen molar-refractivity contribution in [2.45, 2.75) is 26.4 Å². The number of aliphatic hydroxyl groups excluding tert-OH is 1. The molecule has 0 aliphatic heterocycles. The van der Waals surface area contributed by atoms with Gasteiger partial charge in [-0.15, -0.1) is 0 Å². The van der Waals surface area contributed by atoms with Crippen molar-refractivity contribution in [1.29, 1.82) is 0 Å². The van der Waals surface area contributed by atoms with Crippen LogP contribution in [0.5, 0.6) is 0 Å². The molecule has 13 heavy (non-hydrogen) atoms. The second kappa shape index (κ2) is 4.58. The third-order valence-electron chi connectivity index (χ3n) is 2.05. The summed E-state index contributed by atoms with van der Waals surface area (Å²) in [6, 6.07) is 3.98. The van der Waals surface area contributed by atoms with Gasteiger partial charge in [0.05, 0.1) is 6.10 Å². The average Bonchev–Trinajstić information content (AvgIpc) is 2.10. The van der Waals surface area contributed by atoms with Crippen molar-refractivity contribution >= 4 is 31.9 Å². The largest absolute Gasteiger partial charge is 0.388 e. The van der Waals surface area contributed by atoms with Crippen LogP contribution in [-0.2, 0) is 0 Å². The first-order valence-corrected chi connectivity index (χ1v) is 5.78. The maximum atomic E-state index is 9.69.